The van der Waals surface area contributed by atoms with Gasteiger partial charge in [-0.15, -0.1) is 0 Å². The molecule has 0 aromatic heterocycles. The summed E-state index contributed by atoms with van der Waals surface area (Å²) in [6.07, 6.45) is 0.787. The maximum Gasteiger partial charge on any atom is 0.261 e. The van der Waals surface area contributed by atoms with Gasteiger partial charge in [0.2, 0.25) is 5.91 Å². The summed E-state index contributed by atoms with van der Waals surface area (Å²) in [7, 11) is 0. The lowest BCUT2D eigenvalue weighted by atomic mass is 10.1. The zero-order valence-corrected chi connectivity index (χ0v) is 18.1. The zero-order valence-electron chi connectivity index (χ0n) is 16.0. The molecule has 0 saturated heterocycles. The van der Waals surface area contributed by atoms with Gasteiger partial charge in [-0.25, -0.2) is 4.39 Å². The second-order valence-corrected chi connectivity index (χ2v) is 7.57. The molecule has 0 fully saturated rings. The van der Waals surface area contributed by atoms with E-state index in [1.54, 1.807) is 37.3 Å². The highest BCUT2D eigenvalue weighted by molar-refractivity contribution is 14.1. The minimum absolute atomic E-state index is 0.0116. The van der Waals surface area contributed by atoms with Gasteiger partial charge in [0, 0.05) is 22.2 Å². The largest absolute Gasteiger partial charge is 0.484 e. The van der Waals surface area contributed by atoms with Crippen molar-refractivity contribution < 1.29 is 18.7 Å². The van der Waals surface area contributed by atoms with E-state index in [9.17, 15) is 14.0 Å². The maximum atomic E-state index is 14.1. The normalized spacial score (nSPS) is 11.6. The molecular weight excluding hydrogens is 474 g/mol. The highest BCUT2D eigenvalue weighted by Gasteiger charge is 2.27. The number of hydrogen-bond acceptors (Lipinski definition) is 3. The molecule has 150 valence electrons. The first-order valence-corrected chi connectivity index (χ1v) is 10.2. The van der Waals surface area contributed by atoms with Crippen LogP contribution in [0.2, 0.25) is 0 Å². The van der Waals surface area contributed by atoms with E-state index in [-0.39, 0.29) is 25.0 Å². The standard InChI is InChI=1S/C21H24FIN2O3/c1-3-12-24-21(27)15(2)25(13-16-6-4-5-7-19(16)22)20(26)14-28-18-10-8-17(23)9-11-18/h4-11,15H,3,12-14H2,1-2H3,(H,24,27)/t15-/m1/s1. The molecule has 0 aliphatic heterocycles. The third-order valence-electron chi connectivity index (χ3n) is 4.19. The van der Waals surface area contributed by atoms with Crippen molar-refractivity contribution in [3.05, 3.63) is 63.5 Å². The molecule has 0 heterocycles. The van der Waals surface area contributed by atoms with Gasteiger partial charge < -0.3 is 15.0 Å². The second-order valence-electron chi connectivity index (χ2n) is 6.32. The molecule has 5 nitrogen and oxygen atoms in total. The molecule has 0 saturated carbocycles. The summed E-state index contributed by atoms with van der Waals surface area (Å²) in [4.78, 5) is 26.6. The predicted molar refractivity (Wildman–Crippen MR) is 114 cm³/mol. The Morgan fingerprint density at radius 3 is 2.50 bits per heavy atom. The molecule has 0 aliphatic carbocycles. The van der Waals surface area contributed by atoms with Crippen LogP contribution in [-0.2, 0) is 16.1 Å². The monoisotopic (exact) mass is 498 g/mol. The van der Waals surface area contributed by atoms with E-state index >= 15 is 0 Å². The maximum absolute atomic E-state index is 14.1. The SMILES string of the molecule is CCCNC(=O)[C@@H](C)N(Cc1ccccc1F)C(=O)COc1ccc(I)cc1. The number of halogens is 2. The minimum atomic E-state index is -0.751. The Bertz CT molecular complexity index is 798. The number of nitrogens with one attached hydrogen (secondary N) is 1. The van der Waals surface area contributed by atoms with Crippen molar-refractivity contribution in [2.45, 2.75) is 32.9 Å². The average molecular weight is 498 g/mol. The molecule has 0 aliphatic rings. The summed E-state index contributed by atoms with van der Waals surface area (Å²) in [5, 5.41) is 2.78. The number of amides is 2. The Morgan fingerprint density at radius 2 is 1.86 bits per heavy atom. The number of carbonyl (C=O) groups is 2. The lowest BCUT2D eigenvalue weighted by Gasteiger charge is -2.28. The van der Waals surface area contributed by atoms with Crippen molar-refractivity contribution in [2.75, 3.05) is 13.2 Å². The van der Waals surface area contributed by atoms with Crippen LogP contribution in [0.5, 0.6) is 5.75 Å². The molecule has 2 aromatic carbocycles. The number of benzene rings is 2. The summed E-state index contributed by atoms with van der Waals surface area (Å²) < 4.78 is 20.7. The van der Waals surface area contributed by atoms with Crippen LogP contribution in [0.15, 0.2) is 48.5 Å². The fourth-order valence-corrected chi connectivity index (χ4v) is 2.91. The van der Waals surface area contributed by atoms with Gasteiger partial charge in [0.05, 0.1) is 0 Å². The molecule has 2 rings (SSSR count). The van der Waals surface area contributed by atoms with Crippen molar-refractivity contribution in [2.24, 2.45) is 0 Å². The molecule has 2 amide bonds. The van der Waals surface area contributed by atoms with E-state index in [0.717, 1.165) is 9.99 Å². The van der Waals surface area contributed by atoms with Gasteiger partial charge in [0.15, 0.2) is 6.61 Å². The summed E-state index contributed by atoms with van der Waals surface area (Å²) >= 11 is 2.18. The van der Waals surface area contributed by atoms with Gasteiger partial charge >= 0.3 is 0 Å². The summed E-state index contributed by atoms with van der Waals surface area (Å²) in [6.45, 7) is 3.85. The van der Waals surface area contributed by atoms with Gasteiger partial charge in [-0.3, -0.25) is 9.59 Å². The highest BCUT2D eigenvalue weighted by atomic mass is 127. The van der Waals surface area contributed by atoms with Crippen LogP contribution < -0.4 is 10.1 Å². The van der Waals surface area contributed by atoms with Gasteiger partial charge in [-0.05, 0) is 66.3 Å². The van der Waals surface area contributed by atoms with Crippen molar-refractivity contribution in [3.63, 3.8) is 0 Å². The van der Waals surface area contributed by atoms with E-state index in [4.69, 9.17) is 4.74 Å². The van der Waals surface area contributed by atoms with E-state index in [1.807, 2.05) is 19.1 Å². The van der Waals surface area contributed by atoms with Crippen LogP contribution in [0.1, 0.15) is 25.8 Å². The van der Waals surface area contributed by atoms with Crippen LogP contribution in [0.25, 0.3) is 0 Å². The van der Waals surface area contributed by atoms with E-state index < -0.39 is 11.9 Å². The third-order valence-corrected chi connectivity index (χ3v) is 4.91. The number of rotatable bonds is 9. The Balaban J connectivity index is 2.13. The highest BCUT2D eigenvalue weighted by Crippen LogP contribution is 2.16. The predicted octanol–water partition coefficient (Wildman–Crippen LogP) is 3.75. The Hall–Kier alpha value is -2.16. The van der Waals surface area contributed by atoms with E-state index in [1.165, 1.54) is 11.0 Å². The van der Waals surface area contributed by atoms with E-state index in [2.05, 4.69) is 27.9 Å². The topological polar surface area (TPSA) is 58.6 Å². The lowest BCUT2D eigenvalue weighted by Crippen LogP contribution is -2.49. The first kappa shape index (κ1) is 22.1. The number of nitrogens with zero attached hydrogens (tertiary/aromatic N) is 1. The lowest BCUT2D eigenvalue weighted by molar-refractivity contribution is -0.142. The Kier molecular flexibility index (Phi) is 8.69. The zero-order chi connectivity index (χ0) is 20.5. The van der Waals surface area contributed by atoms with Crippen LogP contribution >= 0.6 is 22.6 Å². The summed E-state index contributed by atoms with van der Waals surface area (Å²) in [5.41, 5.74) is 0.347. The minimum Gasteiger partial charge on any atom is -0.484 e. The fraction of sp³-hybridized carbons (Fsp3) is 0.333. The molecule has 0 radical (unpaired) electrons. The summed E-state index contributed by atoms with van der Waals surface area (Å²) in [6, 6.07) is 12.8. The molecule has 1 atom stereocenters. The number of carbonyl (C=O) groups excluding carboxylic acids is 2. The van der Waals surface area contributed by atoms with Crippen molar-refractivity contribution in [3.8, 4) is 5.75 Å². The first-order valence-electron chi connectivity index (χ1n) is 9.11. The molecule has 1 N–H and O–H groups in total. The number of hydrogen-bond donors (Lipinski definition) is 1. The fourth-order valence-electron chi connectivity index (χ4n) is 2.55. The van der Waals surface area contributed by atoms with Crippen LogP contribution in [0.4, 0.5) is 4.39 Å². The Morgan fingerprint density at radius 1 is 1.18 bits per heavy atom. The van der Waals surface area contributed by atoms with Crippen molar-refractivity contribution in [1.82, 2.24) is 10.2 Å². The summed E-state index contributed by atoms with van der Waals surface area (Å²) in [5.74, 6) is -0.524. The van der Waals surface area contributed by atoms with E-state index in [0.29, 0.717) is 17.9 Å². The first-order chi connectivity index (χ1) is 13.4. The molecule has 28 heavy (non-hydrogen) atoms. The van der Waals surface area contributed by atoms with Crippen LogP contribution in [-0.4, -0.2) is 35.9 Å². The van der Waals surface area contributed by atoms with Crippen molar-refractivity contribution in [1.29, 1.82) is 0 Å². The molecular formula is C21H24FIN2O3. The average Bonchev–Trinajstić information content (AvgIpc) is 2.70. The molecule has 7 heteroatoms. The van der Waals surface area contributed by atoms with Crippen LogP contribution in [0, 0.1) is 9.39 Å². The van der Waals surface area contributed by atoms with Gasteiger partial charge in [0.1, 0.15) is 17.6 Å². The quantitative estimate of drug-likeness (QED) is 0.536. The second kappa shape index (κ2) is 11.0. The third kappa shape index (κ3) is 6.47. The molecule has 0 spiro atoms. The Labute approximate surface area is 178 Å². The molecule has 2 aromatic rings. The van der Waals surface area contributed by atoms with Gasteiger partial charge in [-0.2, -0.15) is 0 Å². The number of ether oxygens (including phenoxy) is 1. The smallest absolute Gasteiger partial charge is 0.261 e. The molecule has 0 bridgehead atoms. The molecule has 0 unspecified atom stereocenters. The van der Waals surface area contributed by atoms with Gasteiger partial charge in [0.25, 0.3) is 5.91 Å². The van der Waals surface area contributed by atoms with Crippen molar-refractivity contribution >= 4 is 34.4 Å². The van der Waals surface area contributed by atoms with Crippen LogP contribution in [0.3, 0.4) is 0 Å². The van der Waals surface area contributed by atoms with Gasteiger partial charge in [-0.1, -0.05) is 25.1 Å².